The Bertz CT molecular complexity index is 881. The largest absolute Gasteiger partial charge is 0.462 e. The Hall–Kier alpha value is -1.56. The molecular formula is C43H80O10. The van der Waals surface area contributed by atoms with Crippen molar-refractivity contribution >= 4 is 11.9 Å². The van der Waals surface area contributed by atoms with E-state index in [1.807, 2.05) is 0 Å². The van der Waals surface area contributed by atoms with Gasteiger partial charge in [-0.2, -0.15) is 0 Å². The molecule has 1 aliphatic rings. The SMILES string of the molecule is CCCCCC/C=C/CCCCCCCCCCCC(=O)OC[C@@H](CO[C@H]1O[C@@H](CO)[C@@H](O)C(O)C1O)OC(=O)CCCCCCCCCCCCC. The van der Waals surface area contributed by atoms with Crippen LogP contribution in [0.2, 0.25) is 0 Å². The minimum Gasteiger partial charge on any atom is -0.462 e. The summed E-state index contributed by atoms with van der Waals surface area (Å²) in [5.74, 6) is -0.802. The number of aliphatic hydroxyl groups is 4. The Morgan fingerprint density at radius 3 is 1.49 bits per heavy atom. The molecule has 10 nitrogen and oxygen atoms in total. The zero-order valence-electron chi connectivity index (χ0n) is 33.8. The number of carbonyl (C=O) groups excluding carboxylic acids is 2. The van der Waals surface area contributed by atoms with Gasteiger partial charge in [0.2, 0.25) is 0 Å². The molecule has 6 atom stereocenters. The number of hydrogen-bond acceptors (Lipinski definition) is 10. The molecule has 312 valence electrons. The van der Waals surface area contributed by atoms with E-state index >= 15 is 0 Å². The number of aliphatic hydroxyl groups excluding tert-OH is 4. The van der Waals surface area contributed by atoms with Gasteiger partial charge in [-0.1, -0.05) is 154 Å². The molecule has 1 rings (SSSR count). The Morgan fingerprint density at radius 2 is 1.00 bits per heavy atom. The summed E-state index contributed by atoms with van der Waals surface area (Å²) in [6, 6.07) is 0. The van der Waals surface area contributed by atoms with Crippen LogP contribution in [-0.4, -0.2) is 89.0 Å². The van der Waals surface area contributed by atoms with Crippen LogP contribution in [0.25, 0.3) is 0 Å². The van der Waals surface area contributed by atoms with E-state index in [-0.39, 0.29) is 32.0 Å². The quantitative estimate of drug-likeness (QED) is 0.0277. The van der Waals surface area contributed by atoms with Crippen LogP contribution in [0.4, 0.5) is 0 Å². The second-order valence-corrected chi connectivity index (χ2v) is 15.2. The Labute approximate surface area is 322 Å². The van der Waals surface area contributed by atoms with Crippen LogP contribution >= 0.6 is 0 Å². The monoisotopic (exact) mass is 757 g/mol. The highest BCUT2D eigenvalue weighted by atomic mass is 16.7. The fourth-order valence-corrected chi connectivity index (χ4v) is 6.65. The molecule has 0 aromatic rings. The molecule has 0 radical (unpaired) electrons. The lowest BCUT2D eigenvalue weighted by Crippen LogP contribution is -2.59. The first kappa shape index (κ1) is 49.5. The van der Waals surface area contributed by atoms with E-state index in [2.05, 4.69) is 26.0 Å². The first-order chi connectivity index (χ1) is 25.8. The molecule has 10 heteroatoms. The molecule has 0 aromatic carbocycles. The number of carbonyl (C=O) groups is 2. The fraction of sp³-hybridized carbons (Fsp3) is 0.907. The van der Waals surface area contributed by atoms with Gasteiger partial charge in [0.15, 0.2) is 12.4 Å². The van der Waals surface area contributed by atoms with Gasteiger partial charge in [0, 0.05) is 12.8 Å². The minimum absolute atomic E-state index is 0.213. The average Bonchev–Trinajstić information content (AvgIpc) is 3.15. The van der Waals surface area contributed by atoms with Gasteiger partial charge >= 0.3 is 11.9 Å². The molecule has 0 spiro atoms. The first-order valence-corrected chi connectivity index (χ1v) is 21.8. The summed E-state index contributed by atoms with van der Waals surface area (Å²) in [5.41, 5.74) is 0. The maximum atomic E-state index is 12.7. The minimum atomic E-state index is -1.59. The lowest BCUT2D eigenvalue weighted by Gasteiger charge is -2.39. The van der Waals surface area contributed by atoms with Crippen molar-refractivity contribution in [2.75, 3.05) is 19.8 Å². The van der Waals surface area contributed by atoms with Crippen LogP contribution < -0.4 is 0 Å². The smallest absolute Gasteiger partial charge is 0.306 e. The maximum absolute atomic E-state index is 12.7. The second kappa shape index (κ2) is 34.9. The highest BCUT2D eigenvalue weighted by Gasteiger charge is 2.44. The van der Waals surface area contributed by atoms with E-state index in [4.69, 9.17) is 18.9 Å². The Balaban J connectivity index is 2.31. The second-order valence-electron chi connectivity index (χ2n) is 15.2. The number of rotatable bonds is 36. The van der Waals surface area contributed by atoms with Crippen LogP contribution in [0, 0.1) is 0 Å². The number of ether oxygens (including phenoxy) is 4. The van der Waals surface area contributed by atoms with Gasteiger partial charge in [-0.15, -0.1) is 0 Å². The summed E-state index contributed by atoms with van der Waals surface area (Å²) in [6.45, 7) is 3.41. The lowest BCUT2D eigenvalue weighted by molar-refractivity contribution is -0.305. The van der Waals surface area contributed by atoms with Gasteiger partial charge in [-0.3, -0.25) is 9.59 Å². The first-order valence-electron chi connectivity index (χ1n) is 21.8. The number of esters is 2. The summed E-state index contributed by atoms with van der Waals surface area (Å²) in [4.78, 5) is 25.2. The van der Waals surface area contributed by atoms with Gasteiger partial charge in [0.1, 0.15) is 31.0 Å². The molecule has 0 aliphatic carbocycles. The van der Waals surface area contributed by atoms with Crippen molar-refractivity contribution in [1.29, 1.82) is 0 Å². The van der Waals surface area contributed by atoms with E-state index in [1.54, 1.807) is 0 Å². The van der Waals surface area contributed by atoms with Crippen LogP contribution in [0.15, 0.2) is 12.2 Å². The molecular weight excluding hydrogens is 676 g/mol. The molecule has 0 amide bonds. The molecule has 1 aliphatic heterocycles. The third kappa shape index (κ3) is 26.8. The van der Waals surface area contributed by atoms with Crippen molar-refractivity contribution in [3.8, 4) is 0 Å². The summed E-state index contributed by atoms with van der Waals surface area (Å²) in [5, 5.41) is 40.0. The molecule has 1 fully saturated rings. The predicted molar refractivity (Wildman–Crippen MR) is 210 cm³/mol. The van der Waals surface area contributed by atoms with Crippen LogP contribution in [0.3, 0.4) is 0 Å². The summed E-state index contributed by atoms with van der Waals surface area (Å²) in [6.07, 6.45) is 27.9. The van der Waals surface area contributed by atoms with Crippen molar-refractivity contribution in [3.05, 3.63) is 12.2 Å². The van der Waals surface area contributed by atoms with Crippen LogP contribution in [0.5, 0.6) is 0 Å². The third-order valence-corrected chi connectivity index (χ3v) is 10.2. The molecule has 0 saturated carbocycles. The number of unbranched alkanes of at least 4 members (excludes halogenated alkanes) is 23. The van der Waals surface area contributed by atoms with Crippen molar-refractivity contribution in [2.24, 2.45) is 0 Å². The Kier molecular flexibility index (Phi) is 32.6. The molecule has 53 heavy (non-hydrogen) atoms. The van der Waals surface area contributed by atoms with Crippen LogP contribution in [-0.2, 0) is 28.5 Å². The highest BCUT2D eigenvalue weighted by Crippen LogP contribution is 2.23. The number of hydrogen-bond donors (Lipinski definition) is 4. The molecule has 1 saturated heterocycles. The highest BCUT2D eigenvalue weighted by molar-refractivity contribution is 5.70. The van der Waals surface area contributed by atoms with E-state index in [1.165, 1.54) is 122 Å². The standard InChI is InChI=1S/C43H80O10/c1-3-5-7-9-11-13-15-16-17-18-19-20-22-23-25-27-29-31-38(45)50-34-36(35-51-43-42(49)41(48)40(47)37(33-44)53-43)52-39(46)32-30-28-26-24-21-14-12-10-8-6-4-2/h13,15,36-37,40-44,47-49H,3-12,14,16-35H2,1-2H3/b15-13+/t36-,37-,40+,41?,42?,43-/m0/s1. The summed E-state index contributed by atoms with van der Waals surface area (Å²) in [7, 11) is 0. The predicted octanol–water partition coefficient (Wildman–Crippen LogP) is 8.78. The fourth-order valence-electron chi connectivity index (χ4n) is 6.65. The van der Waals surface area contributed by atoms with Crippen molar-refractivity contribution < 1.29 is 49.0 Å². The summed E-state index contributed by atoms with van der Waals surface area (Å²) < 4.78 is 22.1. The van der Waals surface area contributed by atoms with Gasteiger partial charge in [0.05, 0.1) is 13.2 Å². The van der Waals surface area contributed by atoms with Gasteiger partial charge in [-0.05, 0) is 38.5 Å². The zero-order valence-corrected chi connectivity index (χ0v) is 33.8. The molecule has 0 aromatic heterocycles. The van der Waals surface area contributed by atoms with Crippen molar-refractivity contribution in [3.63, 3.8) is 0 Å². The number of allylic oxidation sites excluding steroid dienone is 2. The van der Waals surface area contributed by atoms with E-state index in [9.17, 15) is 30.0 Å². The topological polar surface area (TPSA) is 152 Å². The zero-order chi connectivity index (χ0) is 38.8. The van der Waals surface area contributed by atoms with Gasteiger partial charge in [0.25, 0.3) is 0 Å². The molecule has 1 heterocycles. The van der Waals surface area contributed by atoms with E-state index in [0.717, 1.165) is 38.5 Å². The van der Waals surface area contributed by atoms with E-state index < -0.39 is 49.4 Å². The molecule has 0 bridgehead atoms. The van der Waals surface area contributed by atoms with Gasteiger partial charge in [-0.25, -0.2) is 0 Å². The lowest BCUT2D eigenvalue weighted by atomic mass is 9.99. The third-order valence-electron chi connectivity index (χ3n) is 10.2. The Morgan fingerprint density at radius 1 is 0.566 bits per heavy atom. The van der Waals surface area contributed by atoms with Crippen molar-refractivity contribution in [2.45, 2.75) is 230 Å². The van der Waals surface area contributed by atoms with Gasteiger partial charge < -0.3 is 39.4 Å². The maximum Gasteiger partial charge on any atom is 0.306 e. The van der Waals surface area contributed by atoms with Crippen LogP contribution in [0.1, 0.15) is 194 Å². The molecule has 4 N–H and O–H groups in total. The normalized spacial score (nSPS) is 20.9. The van der Waals surface area contributed by atoms with Crippen molar-refractivity contribution in [1.82, 2.24) is 0 Å². The average molecular weight is 757 g/mol. The molecule has 2 unspecified atom stereocenters. The van der Waals surface area contributed by atoms with E-state index in [0.29, 0.717) is 6.42 Å². The summed E-state index contributed by atoms with van der Waals surface area (Å²) >= 11 is 0.